The lowest BCUT2D eigenvalue weighted by Gasteiger charge is -2.21. The van der Waals surface area contributed by atoms with Gasteiger partial charge in [0.2, 0.25) is 0 Å². The summed E-state index contributed by atoms with van der Waals surface area (Å²) in [5.74, 6) is -0.244. The van der Waals surface area contributed by atoms with Crippen molar-refractivity contribution in [2.75, 3.05) is 13.1 Å². The number of hydrogen-bond donors (Lipinski definition) is 0. The van der Waals surface area contributed by atoms with Gasteiger partial charge in [-0.1, -0.05) is 5.22 Å². The Morgan fingerprint density at radius 3 is 2.33 bits per heavy atom. The van der Waals surface area contributed by atoms with Crippen LogP contribution in [0.3, 0.4) is 0 Å². The molecule has 1 aliphatic rings. The van der Waals surface area contributed by atoms with E-state index in [-0.39, 0.29) is 5.82 Å². The van der Waals surface area contributed by atoms with Gasteiger partial charge in [0.25, 0.3) is 0 Å². The van der Waals surface area contributed by atoms with Crippen LogP contribution in [-0.2, 0) is 0 Å². The minimum atomic E-state index is -0.244. The molecule has 0 atom stereocenters. The monoisotopic (exact) mass is 207 g/mol. The number of benzene rings is 1. The maximum Gasteiger partial charge on any atom is 0.123 e. The van der Waals surface area contributed by atoms with Crippen LogP contribution in [0.5, 0.6) is 0 Å². The molecule has 80 valence electrons. The van der Waals surface area contributed by atoms with Crippen molar-refractivity contribution in [3.05, 3.63) is 30.1 Å². The Hall–Kier alpha value is -1.45. The number of piperidine rings is 1. The summed E-state index contributed by atoms with van der Waals surface area (Å²) in [6.07, 6.45) is 3.65. The van der Waals surface area contributed by atoms with Crippen LogP contribution >= 0.6 is 0 Å². The summed E-state index contributed by atoms with van der Waals surface area (Å²) in [5.41, 5.74) is 0.696. The molecular weight excluding hydrogens is 193 g/mol. The zero-order valence-corrected chi connectivity index (χ0v) is 8.56. The van der Waals surface area contributed by atoms with Crippen molar-refractivity contribution in [3.63, 3.8) is 0 Å². The van der Waals surface area contributed by atoms with Gasteiger partial charge in [-0.2, -0.15) is 0 Å². The van der Waals surface area contributed by atoms with Crippen LogP contribution in [0, 0.1) is 5.82 Å². The van der Waals surface area contributed by atoms with E-state index in [0.717, 1.165) is 13.1 Å². The van der Waals surface area contributed by atoms with Crippen LogP contribution in [0.1, 0.15) is 19.3 Å². The van der Waals surface area contributed by atoms with Gasteiger partial charge in [0.05, 0.1) is 5.69 Å². The molecule has 1 aliphatic heterocycles. The molecule has 0 N–H and O–H groups in total. The Morgan fingerprint density at radius 2 is 1.67 bits per heavy atom. The quantitative estimate of drug-likeness (QED) is 0.684. The van der Waals surface area contributed by atoms with Crippen molar-refractivity contribution in [2.45, 2.75) is 19.3 Å². The minimum absolute atomic E-state index is 0.244. The first kappa shape index (κ1) is 10.1. The fourth-order valence-corrected chi connectivity index (χ4v) is 1.59. The van der Waals surface area contributed by atoms with Gasteiger partial charge < -0.3 is 0 Å². The lowest BCUT2D eigenvalue weighted by atomic mass is 10.2. The van der Waals surface area contributed by atoms with E-state index in [2.05, 4.69) is 10.3 Å². The molecule has 15 heavy (non-hydrogen) atoms. The predicted octanol–water partition coefficient (Wildman–Crippen LogP) is 3.31. The molecule has 0 saturated carbocycles. The molecule has 0 aromatic heterocycles. The average Bonchev–Trinajstić information content (AvgIpc) is 2.30. The Balaban J connectivity index is 1.95. The predicted molar refractivity (Wildman–Crippen MR) is 56.3 cm³/mol. The molecule has 1 saturated heterocycles. The van der Waals surface area contributed by atoms with Crippen LogP contribution < -0.4 is 0 Å². The highest BCUT2D eigenvalue weighted by molar-refractivity contribution is 5.35. The zero-order valence-electron chi connectivity index (χ0n) is 8.56. The van der Waals surface area contributed by atoms with E-state index in [1.54, 1.807) is 12.1 Å². The second-order valence-corrected chi connectivity index (χ2v) is 3.68. The number of rotatable bonds is 2. The van der Waals surface area contributed by atoms with E-state index in [1.807, 2.05) is 5.01 Å². The highest BCUT2D eigenvalue weighted by Crippen LogP contribution is 2.15. The molecule has 0 amide bonds. The van der Waals surface area contributed by atoms with E-state index in [4.69, 9.17) is 0 Å². The summed E-state index contributed by atoms with van der Waals surface area (Å²) in [6.45, 7) is 1.95. The van der Waals surface area contributed by atoms with Crippen molar-refractivity contribution in [1.29, 1.82) is 0 Å². The molecule has 1 fully saturated rings. The molecule has 0 bridgehead atoms. The molecule has 3 nitrogen and oxygen atoms in total. The molecule has 0 aliphatic carbocycles. The first-order chi connectivity index (χ1) is 7.34. The highest BCUT2D eigenvalue weighted by Gasteiger charge is 2.06. The summed E-state index contributed by atoms with van der Waals surface area (Å²) in [5, 5.41) is 10.1. The second-order valence-electron chi connectivity index (χ2n) is 3.68. The third-order valence-electron chi connectivity index (χ3n) is 2.45. The van der Waals surface area contributed by atoms with Gasteiger partial charge in [-0.25, -0.2) is 4.39 Å². The average molecular weight is 207 g/mol. The van der Waals surface area contributed by atoms with Crippen LogP contribution in [0.15, 0.2) is 34.6 Å². The highest BCUT2D eigenvalue weighted by atomic mass is 19.1. The van der Waals surface area contributed by atoms with Gasteiger partial charge >= 0.3 is 0 Å². The Labute approximate surface area is 88.6 Å². The number of nitrogens with zero attached hydrogens (tertiary/aromatic N) is 3. The first-order valence-electron chi connectivity index (χ1n) is 5.27. The van der Waals surface area contributed by atoms with Gasteiger partial charge in [0.1, 0.15) is 5.82 Å². The smallest absolute Gasteiger partial charge is 0.123 e. The molecule has 0 spiro atoms. The third kappa shape index (κ3) is 3.01. The van der Waals surface area contributed by atoms with Gasteiger partial charge in [-0.15, -0.1) is 5.11 Å². The fraction of sp³-hybridized carbons (Fsp3) is 0.455. The largest absolute Gasteiger partial charge is 0.278 e. The summed E-state index contributed by atoms with van der Waals surface area (Å²) in [6, 6.07) is 6.04. The maximum atomic E-state index is 12.6. The summed E-state index contributed by atoms with van der Waals surface area (Å²) in [4.78, 5) is 0. The Kier molecular flexibility index (Phi) is 3.27. The van der Waals surface area contributed by atoms with E-state index in [1.165, 1.54) is 31.4 Å². The van der Waals surface area contributed by atoms with Gasteiger partial charge in [0.15, 0.2) is 0 Å². The molecular formula is C11H14FN3. The van der Waals surface area contributed by atoms with Gasteiger partial charge in [-0.3, -0.25) is 5.01 Å². The molecule has 1 heterocycles. The topological polar surface area (TPSA) is 28.0 Å². The minimum Gasteiger partial charge on any atom is -0.278 e. The Morgan fingerprint density at radius 1 is 1.00 bits per heavy atom. The zero-order chi connectivity index (χ0) is 10.5. The molecule has 0 radical (unpaired) electrons. The third-order valence-corrected chi connectivity index (χ3v) is 2.45. The molecule has 1 aromatic rings. The van der Waals surface area contributed by atoms with Crippen molar-refractivity contribution >= 4 is 5.69 Å². The van der Waals surface area contributed by atoms with E-state index in [9.17, 15) is 4.39 Å². The first-order valence-corrected chi connectivity index (χ1v) is 5.27. The van der Waals surface area contributed by atoms with Crippen molar-refractivity contribution < 1.29 is 4.39 Å². The van der Waals surface area contributed by atoms with Crippen LogP contribution in [0.25, 0.3) is 0 Å². The van der Waals surface area contributed by atoms with E-state index in [0.29, 0.717) is 5.69 Å². The van der Waals surface area contributed by atoms with Crippen molar-refractivity contribution in [3.8, 4) is 0 Å². The van der Waals surface area contributed by atoms with Crippen molar-refractivity contribution in [2.24, 2.45) is 10.3 Å². The van der Waals surface area contributed by atoms with E-state index >= 15 is 0 Å². The molecule has 4 heteroatoms. The number of halogens is 1. The standard InChI is InChI=1S/C11H14FN3/c12-10-4-6-11(7-5-10)13-14-15-8-2-1-3-9-15/h4-7H,1-3,8-9H2. The molecule has 0 unspecified atom stereocenters. The SMILES string of the molecule is Fc1ccc(N=NN2CCCCC2)cc1. The molecule has 2 rings (SSSR count). The summed E-state index contributed by atoms with van der Waals surface area (Å²) in [7, 11) is 0. The second kappa shape index (κ2) is 4.87. The lowest BCUT2D eigenvalue weighted by Crippen LogP contribution is -2.23. The lowest BCUT2D eigenvalue weighted by molar-refractivity contribution is 0.224. The van der Waals surface area contributed by atoms with Gasteiger partial charge in [-0.05, 0) is 43.5 Å². The summed E-state index contributed by atoms with van der Waals surface area (Å²) >= 11 is 0. The van der Waals surface area contributed by atoms with Crippen LogP contribution in [0.4, 0.5) is 10.1 Å². The van der Waals surface area contributed by atoms with Crippen molar-refractivity contribution in [1.82, 2.24) is 5.01 Å². The fourth-order valence-electron chi connectivity index (χ4n) is 1.59. The normalized spacial score (nSPS) is 17.3. The molecule has 1 aromatic carbocycles. The Bertz CT molecular complexity index is 328. The number of hydrogen-bond acceptors (Lipinski definition) is 2. The van der Waals surface area contributed by atoms with Crippen LogP contribution in [-0.4, -0.2) is 18.1 Å². The summed E-state index contributed by atoms with van der Waals surface area (Å²) < 4.78 is 12.6. The van der Waals surface area contributed by atoms with Gasteiger partial charge in [0, 0.05) is 13.1 Å². The van der Waals surface area contributed by atoms with Crippen LogP contribution in [0.2, 0.25) is 0 Å². The van der Waals surface area contributed by atoms with E-state index < -0.39 is 0 Å². The maximum absolute atomic E-state index is 12.6.